The molecule has 0 saturated heterocycles. The van der Waals surface area contributed by atoms with Gasteiger partial charge in [0.05, 0.1) is 36.6 Å². The molecule has 0 unspecified atom stereocenters. The van der Waals surface area contributed by atoms with E-state index in [-0.39, 0.29) is 28.1 Å². The number of ether oxygens (including phenoxy) is 3. The van der Waals surface area contributed by atoms with E-state index in [0.29, 0.717) is 0 Å². The minimum Gasteiger partial charge on any atom is -0.508 e. The fraction of sp³-hybridized carbons (Fsp3) is 0.158. The molecule has 0 saturated carbocycles. The Balaban J connectivity index is 2.12. The fourth-order valence-electron chi connectivity index (χ4n) is 2.21. The third kappa shape index (κ3) is 5.07. The van der Waals surface area contributed by atoms with E-state index in [1.54, 1.807) is 0 Å². The second-order valence-electron chi connectivity index (χ2n) is 5.42. The number of hydrogen-bond donors (Lipinski definition) is 2. The Hall–Kier alpha value is -3.88. The van der Waals surface area contributed by atoms with Crippen LogP contribution in [0.2, 0.25) is 0 Å². The van der Waals surface area contributed by atoms with E-state index in [1.807, 2.05) is 0 Å². The molecule has 9 nitrogen and oxygen atoms in total. The summed E-state index contributed by atoms with van der Waals surface area (Å²) in [6.07, 6.45) is 0. The molecule has 0 bridgehead atoms. The quantitative estimate of drug-likeness (QED) is 0.567. The van der Waals surface area contributed by atoms with Crippen molar-refractivity contribution in [3.05, 3.63) is 59.2 Å². The van der Waals surface area contributed by atoms with Gasteiger partial charge in [0.1, 0.15) is 5.75 Å². The maximum Gasteiger partial charge on any atom is 0.339 e. The number of phenols is 1. The molecule has 146 valence electrons. The molecule has 2 rings (SSSR count). The molecule has 0 aliphatic rings. The van der Waals surface area contributed by atoms with Gasteiger partial charge in [0.2, 0.25) is 0 Å². The average Bonchev–Trinajstić information content (AvgIpc) is 2.70. The molecule has 9 heteroatoms. The first-order valence-electron chi connectivity index (χ1n) is 7.92. The van der Waals surface area contributed by atoms with Gasteiger partial charge in [-0.3, -0.25) is 4.79 Å². The van der Waals surface area contributed by atoms with E-state index in [2.05, 4.69) is 14.8 Å². The van der Waals surface area contributed by atoms with E-state index < -0.39 is 30.4 Å². The number of rotatable bonds is 6. The summed E-state index contributed by atoms with van der Waals surface area (Å²) in [6.45, 7) is -0.655. The molecule has 28 heavy (non-hydrogen) atoms. The van der Waals surface area contributed by atoms with Gasteiger partial charge >= 0.3 is 17.9 Å². The van der Waals surface area contributed by atoms with Crippen molar-refractivity contribution in [2.75, 3.05) is 26.1 Å². The standard InChI is InChI=1S/C19H17NO8/c1-26-17(23)12-6-7-14(19(25)27-2)15(9-12)20-16(22)10-28-18(24)11-4-3-5-13(21)8-11/h3-9,21H,10H2,1-2H3,(H,20,22). The molecule has 0 fully saturated rings. The van der Waals surface area contributed by atoms with Crippen LogP contribution in [0.15, 0.2) is 42.5 Å². The van der Waals surface area contributed by atoms with E-state index in [1.165, 1.54) is 56.7 Å². The first-order valence-corrected chi connectivity index (χ1v) is 7.92. The van der Waals surface area contributed by atoms with Gasteiger partial charge in [0.15, 0.2) is 6.61 Å². The van der Waals surface area contributed by atoms with E-state index in [9.17, 15) is 24.3 Å². The van der Waals surface area contributed by atoms with Crippen LogP contribution in [0.3, 0.4) is 0 Å². The Morgan fingerprint density at radius 1 is 0.893 bits per heavy atom. The first kappa shape index (κ1) is 20.4. The second-order valence-corrected chi connectivity index (χ2v) is 5.42. The molecule has 0 radical (unpaired) electrons. The number of amides is 1. The minimum absolute atomic E-state index is 0.00260. The van der Waals surface area contributed by atoms with Gasteiger partial charge in [-0.2, -0.15) is 0 Å². The van der Waals surface area contributed by atoms with Crippen LogP contribution >= 0.6 is 0 Å². The SMILES string of the molecule is COC(=O)c1ccc(C(=O)OC)c(NC(=O)COC(=O)c2cccc(O)c2)c1. The van der Waals surface area contributed by atoms with Crippen molar-refractivity contribution in [1.82, 2.24) is 0 Å². The Bertz CT molecular complexity index is 922. The Kier molecular flexibility index (Phi) is 6.69. The number of carbonyl (C=O) groups excluding carboxylic acids is 4. The molecule has 2 N–H and O–H groups in total. The summed E-state index contributed by atoms with van der Waals surface area (Å²) < 4.78 is 14.1. The molecular formula is C19H17NO8. The van der Waals surface area contributed by atoms with Gasteiger partial charge in [-0.05, 0) is 36.4 Å². The molecule has 0 atom stereocenters. The van der Waals surface area contributed by atoms with Crippen LogP contribution in [0, 0.1) is 0 Å². The van der Waals surface area contributed by atoms with Gasteiger partial charge in [0, 0.05) is 0 Å². The highest BCUT2D eigenvalue weighted by molar-refractivity contribution is 6.04. The number of carbonyl (C=O) groups is 4. The Morgan fingerprint density at radius 2 is 1.57 bits per heavy atom. The lowest BCUT2D eigenvalue weighted by atomic mass is 10.1. The zero-order chi connectivity index (χ0) is 20.7. The van der Waals surface area contributed by atoms with Gasteiger partial charge in [0.25, 0.3) is 5.91 Å². The van der Waals surface area contributed by atoms with Crippen molar-refractivity contribution < 1.29 is 38.5 Å². The summed E-state index contributed by atoms with van der Waals surface area (Å²) in [4.78, 5) is 47.5. The molecular weight excluding hydrogens is 370 g/mol. The third-order valence-corrected chi connectivity index (χ3v) is 3.54. The molecule has 2 aromatic rings. The van der Waals surface area contributed by atoms with Crippen molar-refractivity contribution >= 4 is 29.5 Å². The lowest BCUT2D eigenvalue weighted by Crippen LogP contribution is -2.22. The maximum atomic E-state index is 12.1. The predicted molar refractivity (Wildman–Crippen MR) is 96.1 cm³/mol. The maximum absolute atomic E-state index is 12.1. The largest absolute Gasteiger partial charge is 0.508 e. The number of hydrogen-bond acceptors (Lipinski definition) is 8. The van der Waals surface area contributed by atoms with Crippen LogP contribution in [-0.4, -0.2) is 49.7 Å². The highest BCUT2D eigenvalue weighted by Gasteiger charge is 2.18. The highest BCUT2D eigenvalue weighted by Crippen LogP contribution is 2.20. The van der Waals surface area contributed by atoms with Crippen molar-refractivity contribution in [2.45, 2.75) is 0 Å². The number of benzene rings is 2. The smallest absolute Gasteiger partial charge is 0.339 e. The van der Waals surface area contributed by atoms with Crippen LogP contribution in [0.1, 0.15) is 31.1 Å². The topological polar surface area (TPSA) is 128 Å². The zero-order valence-electron chi connectivity index (χ0n) is 15.1. The number of aromatic hydroxyl groups is 1. The number of methoxy groups -OCH3 is 2. The molecule has 0 heterocycles. The Morgan fingerprint density at radius 3 is 2.21 bits per heavy atom. The molecule has 0 aliphatic carbocycles. The second kappa shape index (κ2) is 9.17. The third-order valence-electron chi connectivity index (χ3n) is 3.54. The summed E-state index contributed by atoms with van der Waals surface area (Å²) >= 11 is 0. The first-order chi connectivity index (χ1) is 13.3. The van der Waals surface area contributed by atoms with Crippen LogP contribution in [0.4, 0.5) is 5.69 Å². The fourth-order valence-corrected chi connectivity index (χ4v) is 2.21. The monoisotopic (exact) mass is 387 g/mol. The molecule has 1 amide bonds. The van der Waals surface area contributed by atoms with Crippen molar-refractivity contribution in [2.24, 2.45) is 0 Å². The number of phenolic OH excluding ortho intramolecular Hbond substituents is 1. The summed E-state index contributed by atoms with van der Waals surface area (Å²) in [6, 6.07) is 9.32. The number of nitrogens with one attached hydrogen (secondary N) is 1. The van der Waals surface area contributed by atoms with Crippen molar-refractivity contribution in [3.8, 4) is 5.75 Å². The van der Waals surface area contributed by atoms with Crippen LogP contribution < -0.4 is 5.32 Å². The Labute approximate surface area is 159 Å². The predicted octanol–water partition coefficient (Wildman–Crippen LogP) is 1.76. The lowest BCUT2D eigenvalue weighted by Gasteiger charge is -2.11. The number of anilines is 1. The zero-order valence-corrected chi connectivity index (χ0v) is 15.1. The molecule has 0 aromatic heterocycles. The lowest BCUT2D eigenvalue weighted by molar-refractivity contribution is -0.119. The minimum atomic E-state index is -0.817. The summed E-state index contributed by atoms with van der Waals surface area (Å²) in [5, 5.41) is 11.8. The van der Waals surface area contributed by atoms with E-state index in [4.69, 9.17) is 4.74 Å². The van der Waals surface area contributed by atoms with Gasteiger partial charge in [-0.15, -0.1) is 0 Å². The average molecular weight is 387 g/mol. The van der Waals surface area contributed by atoms with E-state index >= 15 is 0 Å². The molecule has 2 aromatic carbocycles. The van der Waals surface area contributed by atoms with Gasteiger partial charge < -0.3 is 24.6 Å². The van der Waals surface area contributed by atoms with E-state index in [0.717, 1.165) is 0 Å². The van der Waals surface area contributed by atoms with Crippen molar-refractivity contribution in [1.29, 1.82) is 0 Å². The van der Waals surface area contributed by atoms with Crippen molar-refractivity contribution in [3.63, 3.8) is 0 Å². The summed E-state index contributed by atoms with van der Waals surface area (Å²) in [5.41, 5.74) is 0.161. The van der Waals surface area contributed by atoms with Crippen LogP contribution in [0.25, 0.3) is 0 Å². The number of esters is 3. The normalized spacial score (nSPS) is 9.93. The summed E-state index contributed by atoms with van der Waals surface area (Å²) in [7, 11) is 2.36. The van der Waals surface area contributed by atoms with Gasteiger partial charge in [-0.1, -0.05) is 6.07 Å². The molecule has 0 spiro atoms. The summed E-state index contributed by atoms with van der Waals surface area (Å²) in [5.74, 6) is -3.09. The van der Waals surface area contributed by atoms with Crippen LogP contribution in [-0.2, 0) is 19.0 Å². The highest BCUT2D eigenvalue weighted by atomic mass is 16.5. The van der Waals surface area contributed by atoms with Crippen LogP contribution in [0.5, 0.6) is 5.75 Å². The molecule has 0 aliphatic heterocycles. The van der Waals surface area contributed by atoms with Gasteiger partial charge in [-0.25, -0.2) is 14.4 Å².